The molecule has 0 saturated carbocycles. The van der Waals surface area contributed by atoms with Gasteiger partial charge < -0.3 is 20.7 Å². The molecule has 4 atom stereocenters. The Morgan fingerprint density at radius 2 is 2.15 bits per heavy atom. The summed E-state index contributed by atoms with van der Waals surface area (Å²) in [5.74, 6) is -0.520. The van der Waals surface area contributed by atoms with E-state index in [1.54, 1.807) is 4.90 Å². The number of ether oxygens (including phenoxy) is 1. The first kappa shape index (κ1) is 23.6. The lowest BCUT2D eigenvalue weighted by atomic mass is 10.2. The second kappa shape index (κ2) is 9.73. The molecule has 33 heavy (non-hydrogen) atoms. The van der Waals surface area contributed by atoms with E-state index in [0.717, 1.165) is 4.88 Å². The number of nitrogens with two attached hydrogens (primary N) is 1. The molecule has 2 aromatic heterocycles. The Morgan fingerprint density at radius 3 is 2.79 bits per heavy atom. The molecule has 2 amide bonds. The van der Waals surface area contributed by atoms with Crippen LogP contribution >= 0.6 is 11.3 Å². The Kier molecular flexibility index (Phi) is 6.95. The quantitative estimate of drug-likeness (QED) is 0.571. The fraction of sp³-hybridized carbons (Fsp3) is 0.450. The van der Waals surface area contributed by atoms with E-state index in [4.69, 9.17) is 10.5 Å². The molecule has 2 aliphatic heterocycles. The lowest BCUT2D eigenvalue weighted by Crippen LogP contribution is -2.54. The van der Waals surface area contributed by atoms with Crippen molar-refractivity contribution < 1.29 is 32.3 Å². The summed E-state index contributed by atoms with van der Waals surface area (Å²) < 4.78 is 43.3. The van der Waals surface area contributed by atoms with Crippen LogP contribution in [0.15, 0.2) is 35.8 Å². The van der Waals surface area contributed by atoms with Crippen LogP contribution in [0.5, 0.6) is 0 Å². The van der Waals surface area contributed by atoms with E-state index in [2.05, 4.69) is 15.1 Å². The van der Waals surface area contributed by atoms with Crippen LogP contribution in [0.3, 0.4) is 0 Å². The number of aromatic nitrogens is 1. The topological polar surface area (TPSA) is 113 Å². The molecule has 178 valence electrons. The Labute approximate surface area is 191 Å². The number of halogens is 3. The first-order valence-corrected chi connectivity index (χ1v) is 11.0. The van der Waals surface area contributed by atoms with E-state index in [1.807, 2.05) is 17.5 Å². The molecular weight excluding hydrogens is 463 g/mol. The highest BCUT2D eigenvalue weighted by atomic mass is 32.1. The van der Waals surface area contributed by atoms with Crippen LogP contribution in [0.25, 0.3) is 0 Å². The minimum absolute atomic E-state index is 0.0362. The number of nitrogens with one attached hydrogen (secondary N) is 1. The molecule has 2 unspecified atom stereocenters. The van der Waals surface area contributed by atoms with Crippen LogP contribution in [0.1, 0.15) is 27.1 Å². The normalized spacial score (nSPS) is 23.8. The summed E-state index contributed by atoms with van der Waals surface area (Å²) in [5.41, 5.74) is 6.11. The zero-order valence-electron chi connectivity index (χ0n) is 17.3. The SMILES string of the molecule is NC(c1ccc(C(=O)NC[C@H]2COCCN2C(=O)Cc2cccs2)nc1)[N@]1OC1C(F)(F)F. The van der Waals surface area contributed by atoms with Crippen molar-refractivity contribution in [2.75, 3.05) is 26.3 Å². The molecule has 4 heterocycles. The average Bonchev–Trinajstić information content (AvgIpc) is 3.47. The number of nitrogens with zero attached hydrogens (tertiary/aromatic N) is 3. The smallest absolute Gasteiger partial charge is 0.377 e. The second-order valence-corrected chi connectivity index (χ2v) is 8.60. The monoisotopic (exact) mass is 485 g/mol. The summed E-state index contributed by atoms with van der Waals surface area (Å²) in [4.78, 5) is 36.3. The number of thiophene rings is 1. The predicted molar refractivity (Wildman–Crippen MR) is 111 cm³/mol. The molecule has 3 N–H and O–H groups in total. The number of rotatable bonds is 7. The van der Waals surface area contributed by atoms with E-state index in [1.165, 1.54) is 29.7 Å². The van der Waals surface area contributed by atoms with Crippen molar-refractivity contribution in [1.82, 2.24) is 20.3 Å². The van der Waals surface area contributed by atoms with Gasteiger partial charge in [-0.05, 0) is 17.5 Å². The van der Waals surface area contributed by atoms with Crippen molar-refractivity contribution in [1.29, 1.82) is 0 Å². The average molecular weight is 485 g/mol. The number of hydroxylamine groups is 2. The number of hydrogen-bond donors (Lipinski definition) is 2. The Balaban J connectivity index is 1.31. The number of alkyl halides is 3. The first-order chi connectivity index (χ1) is 15.7. The van der Waals surface area contributed by atoms with Crippen LogP contribution in [0.2, 0.25) is 0 Å². The van der Waals surface area contributed by atoms with E-state index < -0.39 is 24.5 Å². The predicted octanol–water partition coefficient (Wildman–Crippen LogP) is 1.44. The van der Waals surface area contributed by atoms with Gasteiger partial charge in [0.15, 0.2) is 0 Å². The van der Waals surface area contributed by atoms with Crippen LogP contribution in [-0.2, 0) is 20.8 Å². The number of hydrogen-bond acceptors (Lipinski definition) is 8. The molecule has 0 radical (unpaired) electrons. The number of amides is 2. The zero-order chi connectivity index (χ0) is 23.6. The Morgan fingerprint density at radius 1 is 1.33 bits per heavy atom. The van der Waals surface area contributed by atoms with Gasteiger partial charge in [-0.1, -0.05) is 12.1 Å². The maximum absolute atomic E-state index is 12.7. The van der Waals surface area contributed by atoms with E-state index in [9.17, 15) is 22.8 Å². The fourth-order valence-corrected chi connectivity index (χ4v) is 4.18. The van der Waals surface area contributed by atoms with E-state index >= 15 is 0 Å². The fourth-order valence-electron chi connectivity index (χ4n) is 3.48. The van der Waals surface area contributed by atoms with Gasteiger partial charge in [0.25, 0.3) is 12.1 Å². The third-order valence-corrected chi connectivity index (χ3v) is 6.15. The standard InChI is InChI=1S/C20H22F3N5O4S/c21-20(22,23)19-28(32-19)17(24)12-3-4-15(25-9-12)18(30)26-10-13-11-31-6-5-27(13)16(29)8-14-2-1-7-33-14/h1-4,7,9,13,17,19H,5-6,8,10-11,24H2,(H,26,30)/t13-,17?,19?,28-/m0/s1. The van der Waals surface area contributed by atoms with Crippen LogP contribution in [0.4, 0.5) is 13.2 Å². The minimum atomic E-state index is -4.53. The van der Waals surface area contributed by atoms with E-state index in [0.29, 0.717) is 31.2 Å². The van der Waals surface area contributed by atoms with Crippen LogP contribution in [0, 0.1) is 0 Å². The number of morpholine rings is 1. The summed E-state index contributed by atoms with van der Waals surface area (Å²) >= 11 is 1.51. The highest BCUT2D eigenvalue weighted by molar-refractivity contribution is 7.10. The van der Waals surface area contributed by atoms with Gasteiger partial charge in [0.2, 0.25) is 5.91 Å². The third-order valence-electron chi connectivity index (χ3n) is 5.27. The summed E-state index contributed by atoms with van der Waals surface area (Å²) in [6.07, 6.45) is -6.22. The van der Waals surface area contributed by atoms with Gasteiger partial charge in [0.05, 0.1) is 25.7 Å². The van der Waals surface area contributed by atoms with Gasteiger partial charge in [-0.2, -0.15) is 13.2 Å². The summed E-state index contributed by atoms with van der Waals surface area (Å²) in [5, 5.41) is 5.26. The number of carbonyl (C=O) groups is 2. The maximum atomic E-state index is 12.7. The molecule has 2 aromatic rings. The molecule has 0 bridgehead atoms. The molecule has 2 fully saturated rings. The van der Waals surface area contributed by atoms with Crippen molar-refractivity contribution in [3.63, 3.8) is 0 Å². The van der Waals surface area contributed by atoms with Crippen molar-refractivity contribution in [2.24, 2.45) is 5.73 Å². The van der Waals surface area contributed by atoms with Crippen LogP contribution < -0.4 is 11.1 Å². The Hall–Kier alpha value is -2.58. The molecule has 0 spiro atoms. The van der Waals surface area contributed by atoms with Gasteiger partial charge in [0.1, 0.15) is 11.9 Å². The second-order valence-electron chi connectivity index (χ2n) is 7.56. The van der Waals surface area contributed by atoms with Crippen LogP contribution in [-0.4, -0.2) is 71.5 Å². The molecule has 13 heteroatoms. The largest absolute Gasteiger partial charge is 0.432 e. The van der Waals surface area contributed by atoms with Gasteiger partial charge >= 0.3 is 6.18 Å². The summed E-state index contributed by atoms with van der Waals surface area (Å²) in [7, 11) is 0. The molecule has 9 nitrogen and oxygen atoms in total. The molecule has 2 aliphatic rings. The van der Waals surface area contributed by atoms with Crippen molar-refractivity contribution >= 4 is 23.2 Å². The summed E-state index contributed by atoms with van der Waals surface area (Å²) in [6, 6.07) is 6.26. The molecule has 0 aromatic carbocycles. The number of carbonyl (C=O) groups excluding carboxylic acids is 2. The van der Waals surface area contributed by atoms with Gasteiger partial charge in [-0.25, -0.2) is 0 Å². The maximum Gasteiger partial charge on any atom is 0.432 e. The minimum Gasteiger partial charge on any atom is -0.377 e. The van der Waals surface area contributed by atoms with E-state index in [-0.39, 0.29) is 29.8 Å². The number of pyridine rings is 1. The lowest BCUT2D eigenvalue weighted by Gasteiger charge is -2.35. The third kappa shape index (κ3) is 5.68. The Bertz CT molecular complexity index is 973. The molecule has 4 rings (SSSR count). The highest BCUT2D eigenvalue weighted by Crippen LogP contribution is 2.40. The molecule has 0 aliphatic carbocycles. The van der Waals surface area contributed by atoms with Crippen molar-refractivity contribution in [3.8, 4) is 0 Å². The first-order valence-electron chi connectivity index (χ1n) is 10.1. The van der Waals surface area contributed by atoms with Gasteiger partial charge in [0, 0.05) is 29.7 Å². The molecular formula is C20H22F3N5O4S. The van der Waals surface area contributed by atoms with Gasteiger partial charge in [-0.3, -0.25) is 19.4 Å². The van der Waals surface area contributed by atoms with Gasteiger partial charge in [-0.15, -0.1) is 16.4 Å². The summed E-state index contributed by atoms with van der Waals surface area (Å²) in [6.45, 7) is 1.34. The van der Waals surface area contributed by atoms with Crippen molar-refractivity contribution in [3.05, 3.63) is 52.0 Å². The highest BCUT2D eigenvalue weighted by Gasteiger charge is 2.59. The molecule has 2 saturated heterocycles. The lowest BCUT2D eigenvalue weighted by molar-refractivity contribution is -0.148. The zero-order valence-corrected chi connectivity index (χ0v) is 18.1. The van der Waals surface area contributed by atoms with Crippen molar-refractivity contribution in [2.45, 2.75) is 31.0 Å².